The maximum Gasteiger partial charge on any atom is 0.255 e. The predicted molar refractivity (Wildman–Crippen MR) is 104 cm³/mol. The maximum atomic E-state index is 12.8. The molecule has 0 atom stereocenters. The lowest BCUT2D eigenvalue weighted by atomic mass is 10.0. The normalized spacial score (nSPS) is 11.2. The fourth-order valence-electron chi connectivity index (χ4n) is 3.38. The molecule has 0 fully saturated rings. The summed E-state index contributed by atoms with van der Waals surface area (Å²) in [4.78, 5) is 21.3. The Labute approximate surface area is 150 Å². The Morgan fingerprint density at radius 2 is 1.81 bits per heavy atom. The first-order valence-corrected chi connectivity index (χ1v) is 8.34. The molecule has 4 rings (SSSR count). The van der Waals surface area contributed by atoms with Crippen LogP contribution >= 0.6 is 0 Å². The number of hydrogen-bond acceptors (Lipinski definition) is 4. The summed E-state index contributed by atoms with van der Waals surface area (Å²) in [6.07, 6.45) is 3.36. The standard InChI is InChI=1S/C20H19N5O/c1-11-6-12(2)18(13(3)7-11)24-20(26)14-4-5-16-15(8-14)23-19(21)17-9-22-10-25(16)17/h4-10H,1-3H3,(H2,21,23)(H,24,26). The van der Waals surface area contributed by atoms with Gasteiger partial charge in [-0.15, -0.1) is 0 Å². The quantitative estimate of drug-likeness (QED) is 0.581. The molecule has 6 nitrogen and oxygen atoms in total. The minimum Gasteiger partial charge on any atom is -0.382 e. The molecule has 0 bridgehead atoms. The second kappa shape index (κ2) is 5.84. The lowest BCUT2D eigenvalue weighted by molar-refractivity contribution is 0.102. The summed E-state index contributed by atoms with van der Waals surface area (Å²) in [6, 6.07) is 9.51. The summed E-state index contributed by atoms with van der Waals surface area (Å²) in [5, 5.41) is 3.02. The van der Waals surface area contributed by atoms with Crippen LogP contribution in [-0.2, 0) is 0 Å². The molecule has 0 spiro atoms. The van der Waals surface area contributed by atoms with Gasteiger partial charge in [0, 0.05) is 11.3 Å². The number of nitrogens with two attached hydrogens (primary N) is 1. The molecule has 0 aliphatic carbocycles. The van der Waals surface area contributed by atoms with Gasteiger partial charge in [0.05, 0.1) is 23.6 Å². The minimum atomic E-state index is -0.173. The van der Waals surface area contributed by atoms with Crippen LogP contribution in [0.15, 0.2) is 42.9 Å². The van der Waals surface area contributed by atoms with Gasteiger partial charge in [-0.1, -0.05) is 17.7 Å². The number of fused-ring (bicyclic) bond motifs is 3. The number of nitrogen functional groups attached to an aromatic ring is 1. The van der Waals surface area contributed by atoms with E-state index >= 15 is 0 Å². The van der Waals surface area contributed by atoms with Crippen molar-refractivity contribution in [1.82, 2.24) is 14.4 Å². The Hall–Kier alpha value is -3.41. The van der Waals surface area contributed by atoms with Crippen molar-refractivity contribution in [1.29, 1.82) is 0 Å². The van der Waals surface area contributed by atoms with E-state index in [4.69, 9.17) is 5.73 Å². The molecule has 0 unspecified atom stereocenters. The SMILES string of the molecule is Cc1cc(C)c(NC(=O)c2ccc3c(c2)nc(N)c2cncn23)c(C)c1. The van der Waals surface area contributed by atoms with E-state index in [1.54, 1.807) is 24.7 Å². The predicted octanol–water partition coefficient (Wildman–Crippen LogP) is 3.64. The summed E-state index contributed by atoms with van der Waals surface area (Å²) in [5.74, 6) is 0.214. The van der Waals surface area contributed by atoms with E-state index in [2.05, 4.69) is 27.4 Å². The Balaban J connectivity index is 1.75. The number of nitrogens with zero attached hydrogens (tertiary/aromatic N) is 3. The summed E-state index contributed by atoms with van der Waals surface area (Å²) < 4.78 is 1.87. The van der Waals surface area contributed by atoms with Gasteiger partial charge in [-0.05, 0) is 50.1 Å². The van der Waals surface area contributed by atoms with Crippen molar-refractivity contribution in [2.24, 2.45) is 0 Å². The van der Waals surface area contributed by atoms with Crippen LogP contribution in [0.3, 0.4) is 0 Å². The molecule has 4 aromatic rings. The number of amides is 1. The molecule has 3 N–H and O–H groups in total. The van der Waals surface area contributed by atoms with Crippen molar-refractivity contribution < 1.29 is 4.79 Å². The number of anilines is 2. The number of imidazole rings is 1. The van der Waals surface area contributed by atoms with E-state index < -0.39 is 0 Å². The van der Waals surface area contributed by atoms with Crippen molar-refractivity contribution in [2.45, 2.75) is 20.8 Å². The fourth-order valence-corrected chi connectivity index (χ4v) is 3.38. The van der Waals surface area contributed by atoms with E-state index in [1.807, 2.05) is 31.2 Å². The molecule has 26 heavy (non-hydrogen) atoms. The second-order valence-electron chi connectivity index (χ2n) is 6.58. The molecule has 130 valence electrons. The lowest BCUT2D eigenvalue weighted by Crippen LogP contribution is -2.14. The zero-order valence-electron chi connectivity index (χ0n) is 14.9. The number of rotatable bonds is 2. The van der Waals surface area contributed by atoms with E-state index in [0.717, 1.165) is 27.8 Å². The van der Waals surface area contributed by atoms with Crippen LogP contribution in [-0.4, -0.2) is 20.3 Å². The van der Waals surface area contributed by atoms with E-state index in [9.17, 15) is 4.79 Å². The number of carbonyl (C=O) groups is 1. The van der Waals surface area contributed by atoms with Crippen molar-refractivity contribution in [3.05, 3.63) is 65.1 Å². The average Bonchev–Trinajstić information content (AvgIpc) is 3.08. The lowest BCUT2D eigenvalue weighted by Gasteiger charge is -2.13. The molecule has 2 aromatic carbocycles. The maximum absolute atomic E-state index is 12.8. The number of aromatic nitrogens is 3. The molecule has 6 heteroatoms. The largest absolute Gasteiger partial charge is 0.382 e. The van der Waals surface area contributed by atoms with Crippen LogP contribution in [0.4, 0.5) is 11.5 Å². The van der Waals surface area contributed by atoms with E-state index in [1.165, 1.54) is 5.56 Å². The van der Waals surface area contributed by atoms with Gasteiger partial charge in [0.1, 0.15) is 11.3 Å². The van der Waals surface area contributed by atoms with Crippen molar-refractivity contribution in [3.63, 3.8) is 0 Å². The Bertz CT molecular complexity index is 1150. The minimum absolute atomic E-state index is 0.173. The number of benzene rings is 2. The van der Waals surface area contributed by atoms with Gasteiger partial charge in [0.2, 0.25) is 0 Å². The average molecular weight is 345 g/mol. The Kier molecular flexibility index (Phi) is 3.61. The summed E-state index contributed by atoms with van der Waals surface area (Å²) in [6.45, 7) is 6.03. The fraction of sp³-hybridized carbons (Fsp3) is 0.150. The van der Waals surface area contributed by atoms with Gasteiger partial charge in [-0.3, -0.25) is 9.20 Å². The monoisotopic (exact) mass is 345 g/mol. The molecule has 2 aromatic heterocycles. The third kappa shape index (κ3) is 2.56. The van der Waals surface area contributed by atoms with Gasteiger partial charge in [0.15, 0.2) is 0 Å². The number of aryl methyl sites for hydroxylation is 3. The van der Waals surface area contributed by atoms with Gasteiger partial charge in [-0.2, -0.15) is 0 Å². The van der Waals surface area contributed by atoms with Gasteiger partial charge in [-0.25, -0.2) is 9.97 Å². The second-order valence-corrected chi connectivity index (χ2v) is 6.58. The number of hydrogen-bond donors (Lipinski definition) is 2. The van der Waals surface area contributed by atoms with Crippen molar-refractivity contribution in [2.75, 3.05) is 11.1 Å². The topological polar surface area (TPSA) is 85.3 Å². The summed E-state index contributed by atoms with van der Waals surface area (Å²) in [5.41, 5.74) is 12.9. The van der Waals surface area contributed by atoms with Crippen LogP contribution in [0.25, 0.3) is 16.6 Å². The zero-order chi connectivity index (χ0) is 18.4. The molecule has 0 radical (unpaired) electrons. The molecular formula is C20H19N5O. The molecule has 0 saturated carbocycles. The van der Waals surface area contributed by atoms with Crippen LogP contribution in [0.2, 0.25) is 0 Å². The first kappa shape index (κ1) is 16.1. The first-order chi connectivity index (χ1) is 12.4. The summed E-state index contributed by atoms with van der Waals surface area (Å²) >= 11 is 0. The Morgan fingerprint density at radius 1 is 1.08 bits per heavy atom. The highest BCUT2D eigenvalue weighted by Crippen LogP contribution is 2.24. The number of nitrogens with one attached hydrogen (secondary N) is 1. The molecular weight excluding hydrogens is 326 g/mol. The molecule has 0 saturated heterocycles. The molecule has 0 aliphatic rings. The highest BCUT2D eigenvalue weighted by atomic mass is 16.1. The van der Waals surface area contributed by atoms with Gasteiger partial charge >= 0.3 is 0 Å². The van der Waals surface area contributed by atoms with Crippen molar-refractivity contribution >= 4 is 34.0 Å². The first-order valence-electron chi connectivity index (χ1n) is 8.34. The van der Waals surface area contributed by atoms with Crippen LogP contribution in [0, 0.1) is 20.8 Å². The molecule has 0 aliphatic heterocycles. The van der Waals surface area contributed by atoms with E-state index in [0.29, 0.717) is 16.9 Å². The van der Waals surface area contributed by atoms with Crippen LogP contribution < -0.4 is 11.1 Å². The van der Waals surface area contributed by atoms with Crippen LogP contribution in [0.5, 0.6) is 0 Å². The smallest absolute Gasteiger partial charge is 0.255 e. The third-order valence-electron chi connectivity index (χ3n) is 4.55. The highest BCUT2D eigenvalue weighted by molar-refractivity contribution is 6.06. The summed E-state index contributed by atoms with van der Waals surface area (Å²) in [7, 11) is 0. The van der Waals surface area contributed by atoms with Gasteiger partial charge < -0.3 is 11.1 Å². The van der Waals surface area contributed by atoms with Crippen molar-refractivity contribution in [3.8, 4) is 0 Å². The molecule has 2 heterocycles. The van der Waals surface area contributed by atoms with E-state index in [-0.39, 0.29) is 5.91 Å². The van der Waals surface area contributed by atoms with Gasteiger partial charge in [0.25, 0.3) is 5.91 Å². The third-order valence-corrected chi connectivity index (χ3v) is 4.55. The highest BCUT2D eigenvalue weighted by Gasteiger charge is 2.13. The van der Waals surface area contributed by atoms with Crippen LogP contribution in [0.1, 0.15) is 27.0 Å². The molecule has 1 amide bonds. The Morgan fingerprint density at radius 3 is 2.54 bits per heavy atom. The number of carbonyl (C=O) groups excluding carboxylic acids is 1. The zero-order valence-corrected chi connectivity index (χ0v) is 14.9.